The number of imidazole rings is 1. The van der Waals surface area contributed by atoms with Crippen molar-refractivity contribution in [2.45, 2.75) is 13.0 Å². The molecule has 0 radical (unpaired) electrons. The molecule has 4 rings (SSSR count). The molecule has 0 spiro atoms. The number of H-pyrrole nitrogens is 1. The molecule has 1 atom stereocenters. The van der Waals surface area contributed by atoms with E-state index in [1.165, 1.54) is 0 Å². The van der Waals surface area contributed by atoms with Crippen molar-refractivity contribution in [1.29, 1.82) is 0 Å². The van der Waals surface area contributed by atoms with E-state index in [2.05, 4.69) is 20.3 Å². The lowest BCUT2D eigenvalue weighted by Crippen LogP contribution is -2.28. The molecule has 0 fully saturated rings. The van der Waals surface area contributed by atoms with E-state index in [4.69, 9.17) is 11.6 Å². The number of fused-ring (bicyclic) bond motifs is 2. The van der Waals surface area contributed by atoms with E-state index in [-0.39, 0.29) is 11.9 Å². The number of nitrogens with zero attached hydrogens (tertiary/aromatic N) is 3. The molecule has 6 nitrogen and oxygen atoms in total. The van der Waals surface area contributed by atoms with E-state index >= 15 is 0 Å². The molecule has 0 aliphatic rings. The molecule has 0 bridgehead atoms. The number of halogens is 1. The molecule has 126 valence electrons. The molecule has 4 aromatic rings. The molecule has 1 amide bonds. The quantitative estimate of drug-likeness (QED) is 0.591. The molecule has 3 aromatic heterocycles. The Kier molecular flexibility index (Phi) is 3.69. The lowest BCUT2D eigenvalue weighted by Gasteiger charge is -2.14. The highest BCUT2D eigenvalue weighted by atomic mass is 35.5. The Hall–Kier alpha value is -2.86. The van der Waals surface area contributed by atoms with Crippen molar-refractivity contribution in [2.24, 2.45) is 7.05 Å². The fourth-order valence-electron chi connectivity index (χ4n) is 2.96. The average Bonchev–Trinajstić information content (AvgIpc) is 3.19. The Balaban J connectivity index is 1.61. The van der Waals surface area contributed by atoms with Gasteiger partial charge in [-0.05, 0) is 36.8 Å². The summed E-state index contributed by atoms with van der Waals surface area (Å²) in [7, 11) is 1.86. The van der Waals surface area contributed by atoms with Gasteiger partial charge in [0, 0.05) is 29.2 Å². The molecule has 0 saturated carbocycles. The van der Waals surface area contributed by atoms with Gasteiger partial charge in [-0.15, -0.1) is 0 Å². The van der Waals surface area contributed by atoms with Crippen LogP contribution in [0, 0.1) is 0 Å². The van der Waals surface area contributed by atoms with Crippen LogP contribution in [0.2, 0.25) is 5.02 Å². The van der Waals surface area contributed by atoms with Crippen molar-refractivity contribution < 1.29 is 4.79 Å². The van der Waals surface area contributed by atoms with Crippen LogP contribution in [0.5, 0.6) is 0 Å². The highest BCUT2D eigenvalue weighted by Crippen LogP contribution is 2.23. The standard InChI is InChI=1S/C18H16ClN5O/c1-10(12-5-14-17(20-8-12)22-9-21-14)23-18(25)16-6-11-3-4-13(19)7-15(11)24(16)2/h3-10H,1-2H3,(H,23,25)(H,20,21,22). The van der Waals surface area contributed by atoms with Gasteiger partial charge >= 0.3 is 0 Å². The van der Waals surface area contributed by atoms with Gasteiger partial charge in [0.2, 0.25) is 0 Å². The van der Waals surface area contributed by atoms with Crippen LogP contribution in [0.3, 0.4) is 0 Å². The van der Waals surface area contributed by atoms with Crippen molar-refractivity contribution in [1.82, 2.24) is 24.8 Å². The van der Waals surface area contributed by atoms with E-state index in [1.807, 2.05) is 48.9 Å². The molecule has 0 aliphatic heterocycles. The third-order valence-corrected chi connectivity index (χ3v) is 4.62. The Morgan fingerprint density at radius 1 is 1.28 bits per heavy atom. The molecule has 25 heavy (non-hydrogen) atoms. The number of rotatable bonds is 3. The Morgan fingerprint density at radius 3 is 2.96 bits per heavy atom. The minimum atomic E-state index is -0.186. The van der Waals surface area contributed by atoms with E-state index in [9.17, 15) is 4.79 Å². The maximum Gasteiger partial charge on any atom is 0.268 e. The number of aromatic amines is 1. The Morgan fingerprint density at radius 2 is 2.12 bits per heavy atom. The van der Waals surface area contributed by atoms with Crippen molar-refractivity contribution >= 4 is 39.6 Å². The van der Waals surface area contributed by atoms with Crippen molar-refractivity contribution in [2.75, 3.05) is 0 Å². The maximum absolute atomic E-state index is 12.7. The van der Waals surface area contributed by atoms with Gasteiger partial charge in [0.1, 0.15) is 5.69 Å². The summed E-state index contributed by atoms with van der Waals surface area (Å²) in [4.78, 5) is 24.1. The van der Waals surface area contributed by atoms with Gasteiger partial charge in [0.15, 0.2) is 5.65 Å². The van der Waals surface area contributed by atoms with Crippen LogP contribution in [0.15, 0.2) is 42.9 Å². The first-order chi connectivity index (χ1) is 12.0. The van der Waals surface area contributed by atoms with E-state index in [0.717, 1.165) is 22.0 Å². The van der Waals surface area contributed by atoms with E-state index in [1.54, 1.807) is 12.5 Å². The highest BCUT2D eigenvalue weighted by molar-refractivity contribution is 6.31. The zero-order valence-corrected chi connectivity index (χ0v) is 14.5. The first-order valence-electron chi connectivity index (χ1n) is 7.88. The van der Waals surface area contributed by atoms with E-state index in [0.29, 0.717) is 16.4 Å². The minimum absolute atomic E-state index is 0.146. The van der Waals surface area contributed by atoms with Crippen molar-refractivity contribution in [3.8, 4) is 0 Å². The van der Waals surface area contributed by atoms with Crippen molar-refractivity contribution in [3.63, 3.8) is 0 Å². The normalized spacial score (nSPS) is 12.6. The average molecular weight is 354 g/mol. The number of hydrogen-bond acceptors (Lipinski definition) is 3. The lowest BCUT2D eigenvalue weighted by molar-refractivity contribution is 0.0932. The predicted octanol–water partition coefficient (Wildman–Crippen LogP) is 3.59. The van der Waals surface area contributed by atoms with Gasteiger partial charge in [0.05, 0.1) is 17.9 Å². The molecular weight excluding hydrogens is 338 g/mol. The second-order valence-corrected chi connectivity index (χ2v) is 6.47. The Bertz CT molecular complexity index is 1100. The molecule has 2 N–H and O–H groups in total. The fourth-order valence-corrected chi connectivity index (χ4v) is 3.12. The van der Waals surface area contributed by atoms with E-state index < -0.39 is 0 Å². The lowest BCUT2D eigenvalue weighted by atomic mass is 10.1. The van der Waals surface area contributed by atoms with Gasteiger partial charge in [-0.1, -0.05) is 17.7 Å². The number of pyridine rings is 1. The van der Waals surface area contributed by atoms with Gasteiger partial charge in [0.25, 0.3) is 5.91 Å². The molecule has 7 heteroatoms. The number of nitrogens with one attached hydrogen (secondary N) is 2. The molecule has 0 aliphatic carbocycles. The fraction of sp³-hybridized carbons (Fsp3) is 0.167. The summed E-state index contributed by atoms with van der Waals surface area (Å²) in [6, 6.07) is 9.21. The summed E-state index contributed by atoms with van der Waals surface area (Å²) in [5.74, 6) is -0.146. The third kappa shape index (κ3) is 2.74. The van der Waals surface area contributed by atoms with Crippen LogP contribution < -0.4 is 5.32 Å². The largest absolute Gasteiger partial charge is 0.344 e. The van der Waals surface area contributed by atoms with Crippen LogP contribution >= 0.6 is 11.6 Å². The third-order valence-electron chi connectivity index (χ3n) is 4.38. The van der Waals surface area contributed by atoms with Crippen LogP contribution in [-0.4, -0.2) is 25.4 Å². The van der Waals surface area contributed by atoms with Gasteiger partial charge in [-0.25, -0.2) is 9.97 Å². The number of aryl methyl sites for hydroxylation is 1. The first kappa shape index (κ1) is 15.7. The number of carbonyl (C=O) groups excluding carboxylic acids is 1. The van der Waals surface area contributed by atoms with Gasteiger partial charge in [-0.2, -0.15) is 0 Å². The maximum atomic E-state index is 12.7. The summed E-state index contributed by atoms with van der Waals surface area (Å²) in [6.07, 6.45) is 3.33. The topological polar surface area (TPSA) is 75.6 Å². The summed E-state index contributed by atoms with van der Waals surface area (Å²) >= 11 is 6.05. The highest BCUT2D eigenvalue weighted by Gasteiger charge is 2.17. The monoisotopic (exact) mass is 353 g/mol. The second-order valence-electron chi connectivity index (χ2n) is 6.03. The zero-order chi connectivity index (χ0) is 17.6. The summed E-state index contributed by atoms with van der Waals surface area (Å²) < 4.78 is 1.85. The van der Waals surface area contributed by atoms with Gasteiger partial charge < -0.3 is 14.9 Å². The number of amides is 1. The zero-order valence-electron chi connectivity index (χ0n) is 13.7. The smallest absolute Gasteiger partial charge is 0.268 e. The van der Waals surface area contributed by atoms with Gasteiger partial charge in [-0.3, -0.25) is 4.79 Å². The number of hydrogen-bond donors (Lipinski definition) is 2. The molecule has 1 aromatic carbocycles. The number of benzene rings is 1. The van der Waals surface area contributed by atoms with Crippen LogP contribution in [0.1, 0.15) is 29.0 Å². The molecule has 1 unspecified atom stereocenters. The van der Waals surface area contributed by atoms with Crippen LogP contribution in [-0.2, 0) is 7.05 Å². The molecular formula is C18H16ClN5O. The molecule has 3 heterocycles. The summed E-state index contributed by atoms with van der Waals surface area (Å²) in [5.41, 5.74) is 3.92. The minimum Gasteiger partial charge on any atom is -0.344 e. The number of carbonyl (C=O) groups is 1. The summed E-state index contributed by atoms with van der Waals surface area (Å²) in [6.45, 7) is 1.93. The van der Waals surface area contributed by atoms with Crippen LogP contribution in [0.4, 0.5) is 0 Å². The SMILES string of the molecule is CC(NC(=O)c1cc2ccc(Cl)cc2n1C)c1cnc2nc[nH]c2c1. The number of aromatic nitrogens is 4. The Labute approximate surface area is 148 Å². The van der Waals surface area contributed by atoms with Crippen molar-refractivity contribution in [3.05, 3.63) is 59.1 Å². The van der Waals surface area contributed by atoms with Crippen LogP contribution in [0.25, 0.3) is 22.1 Å². The second kappa shape index (κ2) is 5.89. The molecule has 0 saturated heterocycles. The predicted molar refractivity (Wildman–Crippen MR) is 97.7 cm³/mol. The first-order valence-corrected chi connectivity index (χ1v) is 8.25. The summed E-state index contributed by atoms with van der Waals surface area (Å²) in [5, 5.41) is 4.64.